The third-order valence-corrected chi connectivity index (χ3v) is 4.21. The summed E-state index contributed by atoms with van der Waals surface area (Å²) in [5.41, 5.74) is 2.52. The van der Waals surface area contributed by atoms with Crippen LogP contribution in [0.5, 0.6) is 5.75 Å². The first-order chi connectivity index (χ1) is 8.60. The number of hydrogen-bond donors (Lipinski definition) is 1. The molecule has 0 bridgehead atoms. The summed E-state index contributed by atoms with van der Waals surface area (Å²) in [7, 11) is 1.71. The molecule has 100 valence electrons. The van der Waals surface area contributed by atoms with Gasteiger partial charge in [0.15, 0.2) is 0 Å². The Kier molecular flexibility index (Phi) is 4.15. The third kappa shape index (κ3) is 2.98. The Hall–Kier alpha value is -1.18. The molecule has 1 fully saturated rings. The van der Waals surface area contributed by atoms with Crippen molar-refractivity contribution in [3.63, 3.8) is 0 Å². The zero-order chi connectivity index (χ0) is 13.1. The molecule has 2 rings (SSSR count). The second-order valence-electron chi connectivity index (χ2n) is 5.83. The molecule has 3 atom stereocenters. The van der Waals surface area contributed by atoms with E-state index in [4.69, 9.17) is 4.74 Å². The molecule has 0 heterocycles. The number of aryl methyl sites for hydroxylation is 1. The highest BCUT2D eigenvalue weighted by Crippen LogP contribution is 2.32. The average molecular weight is 247 g/mol. The minimum atomic E-state index is 0.619. The number of rotatable bonds is 3. The van der Waals surface area contributed by atoms with Gasteiger partial charge in [-0.25, -0.2) is 0 Å². The highest BCUT2D eigenvalue weighted by Gasteiger charge is 2.25. The summed E-state index contributed by atoms with van der Waals surface area (Å²) in [6, 6.07) is 6.89. The fourth-order valence-electron chi connectivity index (χ4n) is 3.00. The molecule has 2 nitrogen and oxygen atoms in total. The predicted octanol–water partition coefficient (Wildman–Crippen LogP) is 4.24. The van der Waals surface area contributed by atoms with Gasteiger partial charge in [-0.3, -0.25) is 0 Å². The van der Waals surface area contributed by atoms with E-state index >= 15 is 0 Å². The molecule has 0 aliphatic heterocycles. The maximum atomic E-state index is 5.25. The lowest BCUT2D eigenvalue weighted by atomic mass is 9.80. The van der Waals surface area contributed by atoms with Gasteiger partial charge in [-0.1, -0.05) is 13.8 Å². The molecule has 1 N–H and O–H groups in total. The standard InChI is InChI=1S/C16H25NO/c1-11-5-7-15(12(2)9-11)17-16-8-6-14(18-4)10-13(16)3/h6,8,10-12,15,17H,5,7,9H2,1-4H3. The molecule has 1 saturated carbocycles. The first-order valence-electron chi connectivity index (χ1n) is 7.01. The number of hydrogen-bond acceptors (Lipinski definition) is 2. The van der Waals surface area contributed by atoms with Crippen molar-refractivity contribution < 1.29 is 4.74 Å². The molecule has 0 saturated heterocycles. The van der Waals surface area contributed by atoms with E-state index in [1.54, 1.807) is 7.11 Å². The van der Waals surface area contributed by atoms with Gasteiger partial charge in [-0.05, 0) is 61.8 Å². The van der Waals surface area contributed by atoms with Crippen molar-refractivity contribution in [2.45, 2.75) is 46.1 Å². The van der Waals surface area contributed by atoms with Crippen molar-refractivity contribution in [2.24, 2.45) is 11.8 Å². The van der Waals surface area contributed by atoms with Gasteiger partial charge >= 0.3 is 0 Å². The maximum Gasteiger partial charge on any atom is 0.119 e. The molecule has 1 aromatic rings. The minimum absolute atomic E-state index is 0.619. The van der Waals surface area contributed by atoms with Crippen LogP contribution >= 0.6 is 0 Å². The molecule has 1 aliphatic rings. The van der Waals surface area contributed by atoms with Crippen LogP contribution in [0.1, 0.15) is 38.7 Å². The number of methoxy groups -OCH3 is 1. The lowest BCUT2D eigenvalue weighted by Crippen LogP contribution is -2.33. The zero-order valence-corrected chi connectivity index (χ0v) is 12.0. The van der Waals surface area contributed by atoms with Crippen molar-refractivity contribution in [1.29, 1.82) is 0 Å². The van der Waals surface area contributed by atoms with Crippen LogP contribution in [0.25, 0.3) is 0 Å². The van der Waals surface area contributed by atoms with Crippen LogP contribution in [0, 0.1) is 18.8 Å². The average Bonchev–Trinajstić information content (AvgIpc) is 2.34. The molecule has 1 aliphatic carbocycles. The van der Waals surface area contributed by atoms with E-state index in [-0.39, 0.29) is 0 Å². The molecular formula is C16H25NO. The number of ether oxygens (including phenoxy) is 1. The van der Waals surface area contributed by atoms with E-state index in [0.29, 0.717) is 6.04 Å². The smallest absolute Gasteiger partial charge is 0.119 e. The molecule has 3 unspecified atom stereocenters. The SMILES string of the molecule is COc1ccc(NC2CCC(C)CC2C)c(C)c1. The van der Waals surface area contributed by atoms with E-state index in [1.807, 2.05) is 6.07 Å². The summed E-state index contributed by atoms with van der Waals surface area (Å²) in [5, 5.41) is 3.72. The summed E-state index contributed by atoms with van der Waals surface area (Å²) >= 11 is 0. The highest BCUT2D eigenvalue weighted by molar-refractivity contribution is 5.54. The monoisotopic (exact) mass is 247 g/mol. The van der Waals surface area contributed by atoms with Gasteiger partial charge in [0.2, 0.25) is 0 Å². The van der Waals surface area contributed by atoms with E-state index in [9.17, 15) is 0 Å². The van der Waals surface area contributed by atoms with E-state index in [2.05, 4.69) is 38.2 Å². The summed E-state index contributed by atoms with van der Waals surface area (Å²) in [4.78, 5) is 0. The number of anilines is 1. The van der Waals surface area contributed by atoms with Gasteiger partial charge < -0.3 is 10.1 Å². The molecule has 0 radical (unpaired) electrons. The van der Waals surface area contributed by atoms with Gasteiger partial charge in [0.05, 0.1) is 7.11 Å². The van der Waals surface area contributed by atoms with Crippen LogP contribution in [0.4, 0.5) is 5.69 Å². The molecule has 0 amide bonds. The zero-order valence-electron chi connectivity index (χ0n) is 12.0. The van der Waals surface area contributed by atoms with E-state index in [1.165, 1.54) is 30.5 Å². The third-order valence-electron chi connectivity index (χ3n) is 4.21. The van der Waals surface area contributed by atoms with Gasteiger partial charge in [0.25, 0.3) is 0 Å². The van der Waals surface area contributed by atoms with Gasteiger partial charge in [0.1, 0.15) is 5.75 Å². The van der Waals surface area contributed by atoms with Crippen LogP contribution in [-0.4, -0.2) is 13.2 Å². The van der Waals surface area contributed by atoms with Gasteiger partial charge in [-0.15, -0.1) is 0 Å². The lowest BCUT2D eigenvalue weighted by molar-refractivity contribution is 0.276. The van der Waals surface area contributed by atoms with E-state index < -0.39 is 0 Å². The second-order valence-corrected chi connectivity index (χ2v) is 5.83. The van der Waals surface area contributed by atoms with Crippen LogP contribution in [0.15, 0.2) is 18.2 Å². The summed E-state index contributed by atoms with van der Waals surface area (Å²) in [5.74, 6) is 2.58. The Labute approximate surface area is 111 Å². The molecule has 2 heteroatoms. The van der Waals surface area contributed by atoms with Crippen molar-refractivity contribution in [1.82, 2.24) is 0 Å². The van der Waals surface area contributed by atoms with Crippen LogP contribution in [-0.2, 0) is 0 Å². The Bertz CT molecular complexity index is 402. The Balaban J connectivity index is 2.05. The summed E-state index contributed by atoms with van der Waals surface area (Å²) < 4.78 is 5.25. The highest BCUT2D eigenvalue weighted by atomic mass is 16.5. The number of benzene rings is 1. The fraction of sp³-hybridized carbons (Fsp3) is 0.625. The van der Waals surface area contributed by atoms with Crippen LogP contribution in [0.2, 0.25) is 0 Å². The molecule has 1 aromatic carbocycles. The Morgan fingerprint density at radius 1 is 1.22 bits per heavy atom. The largest absolute Gasteiger partial charge is 0.497 e. The van der Waals surface area contributed by atoms with Crippen molar-refractivity contribution in [3.8, 4) is 5.75 Å². The molecule has 18 heavy (non-hydrogen) atoms. The van der Waals surface area contributed by atoms with Crippen molar-refractivity contribution >= 4 is 5.69 Å². The van der Waals surface area contributed by atoms with Gasteiger partial charge in [-0.2, -0.15) is 0 Å². The maximum absolute atomic E-state index is 5.25. The normalized spacial score (nSPS) is 27.9. The minimum Gasteiger partial charge on any atom is -0.497 e. The molecular weight excluding hydrogens is 222 g/mol. The van der Waals surface area contributed by atoms with Gasteiger partial charge in [0, 0.05) is 11.7 Å². The van der Waals surface area contributed by atoms with Crippen molar-refractivity contribution in [3.05, 3.63) is 23.8 Å². The fourth-order valence-corrected chi connectivity index (χ4v) is 3.00. The quantitative estimate of drug-likeness (QED) is 0.862. The van der Waals surface area contributed by atoms with Crippen LogP contribution < -0.4 is 10.1 Å². The molecule has 0 aromatic heterocycles. The second kappa shape index (κ2) is 5.64. The first-order valence-corrected chi connectivity index (χ1v) is 7.01. The lowest BCUT2D eigenvalue weighted by Gasteiger charge is -2.34. The number of nitrogens with one attached hydrogen (secondary N) is 1. The van der Waals surface area contributed by atoms with Crippen LogP contribution in [0.3, 0.4) is 0 Å². The Morgan fingerprint density at radius 3 is 2.61 bits per heavy atom. The summed E-state index contributed by atoms with van der Waals surface area (Å²) in [6.07, 6.45) is 3.97. The predicted molar refractivity (Wildman–Crippen MR) is 77.3 cm³/mol. The first kappa shape index (κ1) is 13.3. The Morgan fingerprint density at radius 2 is 2.00 bits per heavy atom. The van der Waals surface area contributed by atoms with Crippen molar-refractivity contribution in [2.75, 3.05) is 12.4 Å². The van der Waals surface area contributed by atoms with E-state index in [0.717, 1.165) is 17.6 Å². The topological polar surface area (TPSA) is 21.3 Å². The summed E-state index contributed by atoms with van der Waals surface area (Å²) in [6.45, 7) is 6.87. The molecule has 0 spiro atoms.